The van der Waals surface area contributed by atoms with E-state index in [0.29, 0.717) is 49.8 Å². The van der Waals surface area contributed by atoms with Crippen molar-refractivity contribution in [1.82, 2.24) is 9.62 Å². The highest BCUT2D eigenvalue weighted by Gasteiger charge is 2.33. The number of amides is 1. The first kappa shape index (κ1) is 24.5. The molecule has 2 aliphatic heterocycles. The quantitative estimate of drug-likeness (QED) is 0.667. The van der Waals surface area contributed by atoms with Gasteiger partial charge in [-0.1, -0.05) is 26.0 Å². The Kier molecular flexibility index (Phi) is 7.19. The van der Waals surface area contributed by atoms with Crippen LogP contribution in [0.25, 0.3) is 0 Å². The van der Waals surface area contributed by atoms with Crippen LogP contribution in [0.5, 0.6) is 11.5 Å². The zero-order valence-electron chi connectivity index (χ0n) is 20.3. The largest absolute Gasteiger partial charge is 0.486 e. The Morgan fingerprint density at radius 2 is 1.65 bits per heavy atom. The highest BCUT2D eigenvalue weighted by atomic mass is 32.2. The molecule has 0 aliphatic carbocycles. The van der Waals surface area contributed by atoms with E-state index >= 15 is 0 Å². The Morgan fingerprint density at radius 1 is 0.971 bits per heavy atom. The number of carbonyl (C=O) groups is 1. The lowest BCUT2D eigenvalue weighted by Crippen LogP contribution is -2.44. The van der Waals surface area contributed by atoms with Crippen LogP contribution in [0.1, 0.15) is 49.4 Å². The molecule has 2 aromatic rings. The molecule has 8 heteroatoms. The second kappa shape index (κ2) is 9.96. The van der Waals surface area contributed by atoms with Crippen molar-refractivity contribution >= 4 is 15.9 Å². The van der Waals surface area contributed by atoms with E-state index in [9.17, 15) is 13.2 Å². The molecule has 0 unspecified atom stereocenters. The van der Waals surface area contributed by atoms with Gasteiger partial charge in [0.15, 0.2) is 11.5 Å². The molecular weight excluding hydrogens is 452 g/mol. The fourth-order valence-corrected chi connectivity index (χ4v) is 6.10. The third-order valence-corrected chi connectivity index (χ3v) is 8.73. The van der Waals surface area contributed by atoms with Gasteiger partial charge < -0.3 is 14.8 Å². The van der Waals surface area contributed by atoms with E-state index in [0.717, 1.165) is 22.4 Å². The van der Waals surface area contributed by atoms with Crippen molar-refractivity contribution in [3.05, 3.63) is 53.1 Å². The van der Waals surface area contributed by atoms with E-state index in [4.69, 9.17) is 9.47 Å². The van der Waals surface area contributed by atoms with E-state index in [1.165, 1.54) is 4.31 Å². The second-order valence-corrected chi connectivity index (χ2v) is 11.5. The summed E-state index contributed by atoms with van der Waals surface area (Å²) in [5, 5.41) is 3.20. The molecule has 2 aliphatic rings. The van der Waals surface area contributed by atoms with Gasteiger partial charge in [-0.25, -0.2) is 8.42 Å². The zero-order chi connectivity index (χ0) is 24.5. The Morgan fingerprint density at radius 3 is 2.29 bits per heavy atom. The molecule has 0 radical (unpaired) electrons. The number of aryl methyl sites for hydroxylation is 2. The third kappa shape index (κ3) is 5.08. The van der Waals surface area contributed by atoms with E-state index < -0.39 is 10.0 Å². The lowest BCUT2D eigenvalue weighted by atomic mass is 9.92. The van der Waals surface area contributed by atoms with Gasteiger partial charge in [-0.05, 0) is 73.6 Å². The van der Waals surface area contributed by atoms with Crippen molar-refractivity contribution in [2.75, 3.05) is 26.3 Å². The molecule has 2 aromatic carbocycles. The molecule has 0 bridgehead atoms. The predicted octanol–water partition coefficient (Wildman–Crippen LogP) is 3.99. The summed E-state index contributed by atoms with van der Waals surface area (Å²) >= 11 is 0. The van der Waals surface area contributed by atoms with Crippen LogP contribution in [0.4, 0.5) is 0 Å². The average molecular weight is 487 g/mol. The number of nitrogens with zero attached hydrogens (tertiary/aromatic N) is 1. The number of sulfonamides is 1. The molecule has 0 spiro atoms. The Hall–Kier alpha value is -2.58. The fourth-order valence-electron chi connectivity index (χ4n) is 4.54. The number of piperidine rings is 1. The number of hydrogen-bond acceptors (Lipinski definition) is 5. The lowest BCUT2D eigenvalue weighted by molar-refractivity contribution is -0.127. The van der Waals surface area contributed by atoms with Crippen molar-refractivity contribution in [1.29, 1.82) is 0 Å². The van der Waals surface area contributed by atoms with Crippen molar-refractivity contribution in [2.45, 2.75) is 51.5 Å². The van der Waals surface area contributed by atoms with Gasteiger partial charge in [0.2, 0.25) is 15.9 Å². The van der Waals surface area contributed by atoms with Crippen LogP contribution in [0.3, 0.4) is 0 Å². The van der Waals surface area contributed by atoms with Gasteiger partial charge in [0.1, 0.15) is 13.2 Å². The Labute approximate surface area is 202 Å². The van der Waals surface area contributed by atoms with Gasteiger partial charge in [0.05, 0.1) is 10.9 Å². The maximum absolute atomic E-state index is 13.1. The molecule has 4 rings (SSSR count). The highest BCUT2D eigenvalue weighted by molar-refractivity contribution is 7.89. The fraction of sp³-hybridized carbons (Fsp3) is 0.500. The SMILES string of the molecule is Cc1ccc(S(=O)(=O)N2CCC(C(=O)N[C@H](c3ccc4c(c3)OCCO4)C(C)C)CC2)cc1C. The second-order valence-electron chi connectivity index (χ2n) is 9.56. The number of hydrogen-bond donors (Lipinski definition) is 1. The van der Waals surface area contributed by atoms with Crippen LogP contribution >= 0.6 is 0 Å². The number of carbonyl (C=O) groups excluding carboxylic acids is 1. The summed E-state index contributed by atoms with van der Waals surface area (Å²) in [6.07, 6.45) is 1.00. The summed E-state index contributed by atoms with van der Waals surface area (Å²) in [5.41, 5.74) is 2.99. The first-order valence-corrected chi connectivity index (χ1v) is 13.4. The molecule has 1 saturated heterocycles. The van der Waals surface area contributed by atoms with Crippen molar-refractivity contribution in [3.63, 3.8) is 0 Å². The normalized spacial score (nSPS) is 18.0. The summed E-state index contributed by atoms with van der Waals surface area (Å²) in [4.78, 5) is 13.5. The predicted molar refractivity (Wildman–Crippen MR) is 131 cm³/mol. The van der Waals surface area contributed by atoms with Gasteiger partial charge in [0, 0.05) is 19.0 Å². The van der Waals surface area contributed by atoms with Crippen LogP contribution in [0.15, 0.2) is 41.3 Å². The molecular formula is C26H34N2O5S. The van der Waals surface area contributed by atoms with E-state index in [2.05, 4.69) is 19.2 Å². The van der Waals surface area contributed by atoms with Gasteiger partial charge in [0.25, 0.3) is 0 Å². The molecule has 1 N–H and O–H groups in total. The van der Waals surface area contributed by atoms with Crippen LogP contribution in [0.2, 0.25) is 0 Å². The maximum atomic E-state index is 13.1. The summed E-state index contributed by atoms with van der Waals surface area (Å²) in [6, 6.07) is 10.9. The smallest absolute Gasteiger partial charge is 0.243 e. The van der Waals surface area contributed by atoms with Gasteiger partial charge in [-0.3, -0.25) is 4.79 Å². The first-order valence-electron chi connectivity index (χ1n) is 11.9. The minimum atomic E-state index is -3.56. The van der Waals surface area contributed by atoms with Gasteiger partial charge >= 0.3 is 0 Å². The van der Waals surface area contributed by atoms with Crippen molar-refractivity contribution in [3.8, 4) is 11.5 Å². The summed E-state index contributed by atoms with van der Waals surface area (Å²) in [6.45, 7) is 9.74. The molecule has 1 atom stereocenters. The highest BCUT2D eigenvalue weighted by Crippen LogP contribution is 2.35. The number of benzene rings is 2. The van der Waals surface area contributed by atoms with Gasteiger partial charge in [-0.15, -0.1) is 0 Å². The first-order chi connectivity index (χ1) is 16.2. The molecule has 0 saturated carbocycles. The summed E-state index contributed by atoms with van der Waals surface area (Å²) < 4.78 is 39.0. The van der Waals surface area contributed by atoms with Crippen LogP contribution < -0.4 is 14.8 Å². The molecule has 0 aromatic heterocycles. The number of rotatable bonds is 6. The zero-order valence-corrected chi connectivity index (χ0v) is 21.2. The summed E-state index contributed by atoms with van der Waals surface area (Å²) in [5.74, 6) is 1.35. The van der Waals surface area contributed by atoms with Gasteiger partial charge in [-0.2, -0.15) is 4.31 Å². The van der Waals surface area contributed by atoms with Crippen LogP contribution in [-0.2, 0) is 14.8 Å². The number of nitrogens with one attached hydrogen (secondary N) is 1. The van der Waals surface area contributed by atoms with Crippen molar-refractivity contribution < 1.29 is 22.7 Å². The average Bonchev–Trinajstić information content (AvgIpc) is 2.83. The molecule has 1 amide bonds. The van der Waals surface area contributed by atoms with Crippen LogP contribution in [0, 0.1) is 25.7 Å². The van der Waals surface area contributed by atoms with E-state index in [1.807, 2.05) is 38.1 Å². The van der Waals surface area contributed by atoms with Crippen LogP contribution in [-0.4, -0.2) is 44.9 Å². The molecule has 34 heavy (non-hydrogen) atoms. The topological polar surface area (TPSA) is 84.9 Å². The monoisotopic (exact) mass is 486 g/mol. The minimum Gasteiger partial charge on any atom is -0.486 e. The van der Waals surface area contributed by atoms with E-state index in [-0.39, 0.29) is 23.8 Å². The Bertz CT molecular complexity index is 1150. The molecule has 7 nitrogen and oxygen atoms in total. The Balaban J connectivity index is 1.41. The molecule has 1 fully saturated rings. The van der Waals surface area contributed by atoms with E-state index in [1.54, 1.807) is 12.1 Å². The molecule has 184 valence electrons. The third-order valence-electron chi connectivity index (χ3n) is 6.83. The standard InChI is InChI=1S/C26H34N2O5S/c1-17(2)25(21-6-8-23-24(16-21)33-14-13-32-23)27-26(29)20-9-11-28(12-10-20)34(30,31)22-7-5-18(3)19(4)15-22/h5-8,15-17,20,25H,9-14H2,1-4H3,(H,27,29)/t25-/m0/s1. The summed E-state index contributed by atoms with van der Waals surface area (Å²) in [7, 11) is -3.56. The maximum Gasteiger partial charge on any atom is 0.243 e. The molecule has 2 heterocycles. The number of ether oxygens (including phenoxy) is 2. The lowest BCUT2D eigenvalue weighted by Gasteiger charge is -2.32. The van der Waals surface area contributed by atoms with Crippen molar-refractivity contribution in [2.24, 2.45) is 11.8 Å². The number of fused-ring (bicyclic) bond motifs is 1. The minimum absolute atomic E-state index is 0.0307.